The number of fused-ring (bicyclic) bond motifs is 1. The zero-order valence-corrected chi connectivity index (χ0v) is 12.4. The Kier molecular flexibility index (Phi) is 3.93. The smallest absolute Gasteiger partial charge is 0.339 e. The Morgan fingerprint density at radius 2 is 1.83 bits per heavy atom. The van der Waals surface area contributed by atoms with Crippen molar-refractivity contribution in [2.75, 3.05) is 0 Å². The average Bonchev–Trinajstić information content (AvgIpc) is 2.54. The van der Waals surface area contributed by atoms with Gasteiger partial charge in [-0.1, -0.05) is 30.3 Å². The molecule has 0 aliphatic heterocycles. The van der Waals surface area contributed by atoms with Crippen LogP contribution in [0.15, 0.2) is 59.4 Å². The van der Waals surface area contributed by atoms with Gasteiger partial charge in [-0.2, -0.15) is 0 Å². The first-order chi connectivity index (χ1) is 11.0. The number of halogens is 1. The van der Waals surface area contributed by atoms with Gasteiger partial charge in [-0.25, -0.2) is 9.18 Å². The van der Waals surface area contributed by atoms with Crippen LogP contribution >= 0.6 is 0 Å². The van der Waals surface area contributed by atoms with E-state index in [4.69, 9.17) is 4.74 Å². The van der Waals surface area contributed by atoms with Gasteiger partial charge in [0.1, 0.15) is 11.9 Å². The lowest BCUT2D eigenvalue weighted by Crippen LogP contribution is -2.14. The summed E-state index contributed by atoms with van der Waals surface area (Å²) in [6, 6.07) is 14.0. The van der Waals surface area contributed by atoms with Crippen molar-refractivity contribution in [3.63, 3.8) is 0 Å². The van der Waals surface area contributed by atoms with Crippen molar-refractivity contribution in [1.82, 2.24) is 4.98 Å². The van der Waals surface area contributed by atoms with Gasteiger partial charge in [0.15, 0.2) is 0 Å². The molecule has 0 bridgehead atoms. The molecule has 0 unspecified atom stereocenters. The average molecular weight is 311 g/mol. The van der Waals surface area contributed by atoms with Crippen LogP contribution in [-0.2, 0) is 4.74 Å². The quantitative estimate of drug-likeness (QED) is 0.752. The monoisotopic (exact) mass is 311 g/mol. The number of H-pyrrole nitrogens is 1. The molecule has 0 fully saturated rings. The number of para-hydroxylation sites is 1. The van der Waals surface area contributed by atoms with Crippen molar-refractivity contribution in [3.8, 4) is 0 Å². The Bertz CT molecular complexity index is 915. The third-order valence-electron chi connectivity index (χ3n) is 3.59. The van der Waals surface area contributed by atoms with Gasteiger partial charge in [-0.3, -0.25) is 4.79 Å². The molecule has 1 atom stereocenters. The number of aromatic amines is 1. The van der Waals surface area contributed by atoms with Gasteiger partial charge >= 0.3 is 5.97 Å². The normalized spacial score (nSPS) is 12.1. The second kappa shape index (κ2) is 6.04. The molecule has 2 aromatic carbocycles. The highest BCUT2D eigenvalue weighted by Gasteiger charge is 2.17. The zero-order valence-electron chi connectivity index (χ0n) is 12.4. The number of nitrogens with one attached hydrogen (secondary N) is 1. The number of carbonyl (C=O) groups is 1. The van der Waals surface area contributed by atoms with Crippen LogP contribution in [0.3, 0.4) is 0 Å². The Morgan fingerprint density at radius 3 is 2.57 bits per heavy atom. The minimum atomic E-state index is -0.593. The standard InChI is InChI=1S/C18H14FNO3/c1-11(12-6-8-13(19)9-7-12)23-18(22)15-10-17(21)20-16-5-3-2-4-14(15)16/h2-11H,1H3,(H,20,21)/t11-/m1/s1. The Morgan fingerprint density at radius 1 is 1.13 bits per heavy atom. The van der Waals surface area contributed by atoms with Crippen molar-refractivity contribution >= 4 is 16.9 Å². The second-order valence-corrected chi connectivity index (χ2v) is 5.19. The number of hydrogen-bond donors (Lipinski definition) is 1. The van der Waals surface area contributed by atoms with Crippen LogP contribution in [0.25, 0.3) is 10.9 Å². The fraction of sp³-hybridized carbons (Fsp3) is 0.111. The lowest BCUT2D eigenvalue weighted by molar-refractivity contribution is 0.0340. The molecule has 3 aromatic rings. The maximum Gasteiger partial charge on any atom is 0.339 e. The van der Waals surface area contributed by atoms with Gasteiger partial charge in [0.2, 0.25) is 5.56 Å². The molecule has 116 valence electrons. The van der Waals surface area contributed by atoms with Crippen molar-refractivity contribution in [3.05, 3.63) is 81.9 Å². The van der Waals surface area contributed by atoms with Gasteiger partial charge in [-0.15, -0.1) is 0 Å². The van der Waals surface area contributed by atoms with Crippen LogP contribution in [0, 0.1) is 5.82 Å². The summed E-state index contributed by atoms with van der Waals surface area (Å²) < 4.78 is 18.4. The van der Waals surface area contributed by atoms with Crippen molar-refractivity contribution in [2.45, 2.75) is 13.0 Å². The van der Waals surface area contributed by atoms with Crippen LogP contribution in [0.2, 0.25) is 0 Å². The van der Waals surface area contributed by atoms with Gasteiger partial charge < -0.3 is 9.72 Å². The molecule has 0 saturated heterocycles. The third-order valence-corrected chi connectivity index (χ3v) is 3.59. The molecule has 0 spiro atoms. The SMILES string of the molecule is C[C@@H](OC(=O)c1cc(=O)[nH]c2ccccc12)c1ccc(F)cc1. The molecule has 0 amide bonds. The van der Waals surface area contributed by atoms with Gasteiger partial charge in [0.25, 0.3) is 0 Å². The maximum atomic E-state index is 13.0. The fourth-order valence-electron chi connectivity index (χ4n) is 2.40. The Hall–Kier alpha value is -2.95. The topological polar surface area (TPSA) is 59.2 Å². The number of rotatable bonds is 3. The van der Waals surface area contributed by atoms with Crippen LogP contribution in [0.5, 0.6) is 0 Å². The summed E-state index contributed by atoms with van der Waals surface area (Å²) in [6.45, 7) is 1.69. The first-order valence-corrected chi connectivity index (χ1v) is 7.13. The Labute approximate surface area is 131 Å². The summed E-state index contributed by atoms with van der Waals surface area (Å²) in [6.07, 6.45) is -0.554. The summed E-state index contributed by atoms with van der Waals surface area (Å²) in [4.78, 5) is 26.8. The minimum absolute atomic E-state index is 0.207. The van der Waals surface area contributed by atoms with Crippen molar-refractivity contribution < 1.29 is 13.9 Å². The maximum absolute atomic E-state index is 13.0. The lowest BCUT2D eigenvalue weighted by atomic mass is 10.1. The highest BCUT2D eigenvalue weighted by atomic mass is 19.1. The predicted molar refractivity (Wildman–Crippen MR) is 84.8 cm³/mol. The molecule has 0 aliphatic carbocycles. The Balaban J connectivity index is 1.91. The summed E-state index contributed by atoms with van der Waals surface area (Å²) in [5.74, 6) is -0.947. The van der Waals surface area contributed by atoms with E-state index < -0.39 is 12.1 Å². The molecule has 1 N–H and O–H groups in total. The molecule has 23 heavy (non-hydrogen) atoms. The molecule has 1 aromatic heterocycles. The minimum Gasteiger partial charge on any atom is -0.454 e. The summed E-state index contributed by atoms with van der Waals surface area (Å²) in [7, 11) is 0. The summed E-state index contributed by atoms with van der Waals surface area (Å²) in [5, 5.41) is 0.614. The highest BCUT2D eigenvalue weighted by Crippen LogP contribution is 2.21. The first kappa shape index (κ1) is 15.0. The van der Waals surface area contributed by atoms with Crippen LogP contribution in [0.4, 0.5) is 4.39 Å². The number of benzene rings is 2. The summed E-state index contributed by atoms with van der Waals surface area (Å²) >= 11 is 0. The lowest BCUT2D eigenvalue weighted by Gasteiger charge is -2.14. The molecule has 3 rings (SSSR count). The van der Waals surface area contributed by atoms with E-state index in [2.05, 4.69) is 4.98 Å². The number of carbonyl (C=O) groups excluding carboxylic acids is 1. The number of pyridine rings is 1. The van der Waals surface area contributed by atoms with E-state index in [1.807, 2.05) is 0 Å². The summed E-state index contributed by atoms with van der Waals surface area (Å²) in [5.41, 5.74) is 1.08. The van der Waals surface area contributed by atoms with Gasteiger partial charge in [-0.05, 0) is 30.7 Å². The number of hydrogen-bond acceptors (Lipinski definition) is 3. The molecule has 5 heteroatoms. The van der Waals surface area contributed by atoms with E-state index >= 15 is 0 Å². The molecule has 0 saturated carbocycles. The third kappa shape index (κ3) is 3.13. The largest absolute Gasteiger partial charge is 0.454 e. The second-order valence-electron chi connectivity index (χ2n) is 5.19. The number of esters is 1. The molecule has 4 nitrogen and oxygen atoms in total. The molecule has 1 heterocycles. The molecule has 0 radical (unpaired) electrons. The van der Waals surface area contributed by atoms with Crippen LogP contribution < -0.4 is 5.56 Å². The van der Waals surface area contributed by atoms with E-state index in [1.165, 1.54) is 18.2 Å². The van der Waals surface area contributed by atoms with E-state index in [0.29, 0.717) is 16.5 Å². The molecular weight excluding hydrogens is 297 g/mol. The van der Waals surface area contributed by atoms with Crippen molar-refractivity contribution in [1.29, 1.82) is 0 Å². The van der Waals surface area contributed by atoms with Crippen LogP contribution in [0.1, 0.15) is 28.9 Å². The van der Waals surface area contributed by atoms with E-state index in [1.54, 1.807) is 43.3 Å². The van der Waals surface area contributed by atoms with E-state index in [-0.39, 0.29) is 16.9 Å². The highest BCUT2D eigenvalue weighted by molar-refractivity contribution is 6.03. The molecular formula is C18H14FNO3. The van der Waals surface area contributed by atoms with Crippen molar-refractivity contribution in [2.24, 2.45) is 0 Å². The van der Waals surface area contributed by atoms with Gasteiger partial charge in [0.05, 0.1) is 5.56 Å². The fourth-order valence-corrected chi connectivity index (χ4v) is 2.40. The first-order valence-electron chi connectivity index (χ1n) is 7.13. The predicted octanol–water partition coefficient (Wildman–Crippen LogP) is 3.59. The number of ether oxygens (including phenoxy) is 1. The van der Waals surface area contributed by atoms with E-state index in [0.717, 1.165) is 0 Å². The number of aromatic nitrogens is 1. The van der Waals surface area contributed by atoms with E-state index in [9.17, 15) is 14.0 Å². The zero-order chi connectivity index (χ0) is 16.4. The van der Waals surface area contributed by atoms with Gasteiger partial charge in [0, 0.05) is 17.0 Å². The molecule has 0 aliphatic rings. The van der Waals surface area contributed by atoms with Crippen LogP contribution in [-0.4, -0.2) is 11.0 Å².